The first-order chi connectivity index (χ1) is 8.38. The fourth-order valence-electron chi connectivity index (χ4n) is 1.23. The van der Waals surface area contributed by atoms with E-state index >= 15 is 0 Å². The smallest absolute Gasteiger partial charge is 0.223 e. The summed E-state index contributed by atoms with van der Waals surface area (Å²) in [6, 6.07) is 6.09. The van der Waals surface area contributed by atoms with Crippen LogP contribution < -0.4 is 15.8 Å². The molecule has 5 heteroatoms. The Balaban J connectivity index is 2.26. The molecule has 0 radical (unpaired) electrons. The van der Waals surface area contributed by atoms with Crippen LogP contribution in [0.5, 0.6) is 5.75 Å². The van der Waals surface area contributed by atoms with Crippen molar-refractivity contribution in [2.75, 3.05) is 13.2 Å². The Morgan fingerprint density at radius 3 is 2.72 bits per heavy atom. The molecule has 1 aromatic rings. The standard InChI is InChI=1S/C13H19FN2O2/c1-13(2,15)9-16-12(17)7-8-18-11-6-4-3-5-10(11)14/h3-6H,7-9,15H2,1-2H3,(H,16,17). The normalized spacial score (nSPS) is 11.1. The lowest BCUT2D eigenvalue weighted by Gasteiger charge is -2.18. The van der Waals surface area contributed by atoms with Crippen molar-refractivity contribution in [2.24, 2.45) is 5.73 Å². The molecule has 0 aliphatic rings. The molecule has 0 atom stereocenters. The van der Waals surface area contributed by atoms with Crippen LogP contribution in [0.25, 0.3) is 0 Å². The highest BCUT2D eigenvalue weighted by atomic mass is 19.1. The van der Waals surface area contributed by atoms with E-state index in [-0.39, 0.29) is 24.7 Å². The van der Waals surface area contributed by atoms with Crippen LogP contribution in [0.15, 0.2) is 24.3 Å². The van der Waals surface area contributed by atoms with E-state index in [1.807, 2.05) is 13.8 Å². The van der Waals surface area contributed by atoms with Crippen molar-refractivity contribution in [1.82, 2.24) is 5.32 Å². The minimum Gasteiger partial charge on any atom is -0.490 e. The Kier molecular flexibility index (Phi) is 5.09. The van der Waals surface area contributed by atoms with Gasteiger partial charge in [-0.15, -0.1) is 0 Å². The SMILES string of the molecule is CC(C)(N)CNC(=O)CCOc1ccccc1F. The van der Waals surface area contributed by atoms with Gasteiger partial charge in [0, 0.05) is 12.1 Å². The summed E-state index contributed by atoms with van der Waals surface area (Å²) in [5.41, 5.74) is 5.29. The molecule has 0 unspecified atom stereocenters. The number of halogens is 1. The molecule has 0 spiro atoms. The van der Waals surface area contributed by atoms with Gasteiger partial charge in [0.25, 0.3) is 0 Å². The summed E-state index contributed by atoms with van der Waals surface area (Å²) < 4.78 is 18.3. The maximum atomic E-state index is 13.2. The van der Waals surface area contributed by atoms with E-state index < -0.39 is 11.4 Å². The van der Waals surface area contributed by atoms with Gasteiger partial charge in [0.15, 0.2) is 11.6 Å². The molecule has 1 rings (SSSR count). The molecule has 0 saturated carbocycles. The lowest BCUT2D eigenvalue weighted by Crippen LogP contribution is -2.45. The second-order valence-corrected chi connectivity index (χ2v) is 4.79. The second-order valence-electron chi connectivity index (χ2n) is 4.79. The highest BCUT2D eigenvalue weighted by molar-refractivity contribution is 5.76. The predicted octanol–water partition coefficient (Wildman–Crippen LogP) is 1.45. The van der Waals surface area contributed by atoms with Crippen molar-refractivity contribution in [1.29, 1.82) is 0 Å². The largest absolute Gasteiger partial charge is 0.490 e. The van der Waals surface area contributed by atoms with Crippen LogP contribution in [-0.2, 0) is 4.79 Å². The van der Waals surface area contributed by atoms with Gasteiger partial charge in [0.1, 0.15) is 0 Å². The molecule has 0 bridgehead atoms. The van der Waals surface area contributed by atoms with Crippen LogP contribution in [0, 0.1) is 5.82 Å². The highest BCUT2D eigenvalue weighted by Crippen LogP contribution is 2.15. The van der Waals surface area contributed by atoms with Gasteiger partial charge >= 0.3 is 0 Å². The number of benzene rings is 1. The summed E-state index contributed by atoms with van der Waals surface area (Å²) in [5.74, 6) is -0.435. The van der Waals surface area contributed by atoms with Gasteiger partial charge in [0.2, 0.25) is 5.91 Å². The van der Waals surface area contributed by atoms with Crippen molar-refractivity contribution in [2.45, 2.75) is 25.8 Å². The molecule has 0 aliphatic carbocycles. The van der Waals surface area contributed by atoms with E-state index in [4.69, 9.17) is 10.5 Å². The van der Waals surface area contributed by atoms with Crippen LogP contribution in [0.4, 0.5) is 4.39 Å². The number of para-hydroxylation sites is 1. The van der Waals surface area contributed by atoms with Gasteiger partial charge in [-0.1, -0.05) is 12.1 Å². The summed E-state index contributed by atoms with van der Waals surface area (Å²) in [6.07, 6.45) is 0.171. The van der Waals surface area contributed by atoms with Crippen molar-refractivity contribution in [3.63, 3.8) is 0 Å². The van der Waals surface area contributed by atoms with Gasteiger partial charge in [-0.2, -0.15) is 0 Å². The number of amides is 1. The first kappa shape index (κ1) is 14.4. The summed E-state index contributed by atoms with van der Waals surface area (Å²) in [5, 5.41) is 2.69. The zero-order chi connectivity index (χ0) is 13.6. The lowest BCUT2D eigenvalue weighted by atomic mass is 10.1. The van der Waals surface area contributed by atoms with Gasteiger partial charge in [-0.25, -0.2) is 4.39 Å². The van der Waals surface area contributed by atoms with Gasteiger partial charge in [-0.05, 0) is 26.0 Å². The number of nitrogens with two attached hydrogens (primary N) is 1. The van der Waals surface area contributed by atoms with Gasteiger partial charge in [-0.3, -0.25) is 4.79 Å². The van der Waals surface area contributed by atoms with Crippen LogP contribution in [0.3, 0.4) is 0 Å². The van der Waals surface area contributed by atoms with E-state index in [1.54, 1.807) is 12.1 Å². The molecule has 0 aromatic heterocycles. The number of ether oxygens (including phenoxy) is 1. The number of hydrogen-bond donors (Lipinski definition) is 2. The summed E-state index contributed by atoms with van der Waals surface area (Å²) in [7, 11) is 0. The predicted molar refractivity (Wildman–Crippen MR) is 67.8 cm³/mol. The van der Waals surface area contributed by atoms with Crippen molar-refractivity contribution in [3.05, 3.63) is 30.1 Å². The minimum atomic E-state index is -0.442. The van der Waals surface area contributed by atoms with Crippen LogP contribution in [0.2, 0.25) is 0 Å². The molecule has 0 saturated heterocycles. The maximum absolute atomic E-state index is 13.2. The topological polar surface area (TPSA) is 64.3 Å². The molecule has 3 N–H and O–H groups in total. The number of carbonyl (C=O) groups is 1. The average Bonchev–Trinajstić information content (AvgIpc) is 2.28. The molecule has 18 heavy (non-hydrogen) atoms. The Labute approximate surface area is 106 Å². The third kappa shape index (κ3) is 5.63. The first-order valence-corrected chi connectivity index (χ1v) is 5.81. The number of hydrogen-bond acceptors (Lipinski definition) is 3. The van der Waals surface area contributed by atoms with E-state index in [9.17, 15) is 9.18 Å². The Hall–Kier alpha value is -1.62. The Morgan fingerprint density at radius 1 is 1.44 bits per heavy atom. The van der Waals surface area contributed by atoms with Crippen molar-refractivity contribution < 1.29 is 13.9 Å². The lowest BCUT2D eigenvalue weighted by molar-refractivity contribution is -0.121. The fraction of sp³-hybridized carbons (Fsp3) is 0.462. The third-order valence-corrected chi connectivity index (χ3v) is 2.16. The molecule has 0 aliphatic heterocycles. The number of nitrogens with one attached hydrogen (secondary N) is 1. The molecular weight excluding hydrogens is 235 g/mol. The third-order valence-electron chi connectivity index (χ3n) is 2.16. The number of rotatable bonds is 6. The molecular formula is C13H19FN2O2. The molecule has 4 nitrogen and oxygen atoms in total. The molecule has 100 valence electrons. The fourth-order valence-corrected chi connectivity index (χ4v) is 1.23. The molecule has 0 fully saturated rings. The summed E-state index contributed by atoms with van der Waals surface area (Å²) in [6.45, 7) is 4.18. The van der Waals surface area contributed by atoms with Crippen LogP contribution >= 0.6 is 0 Å². The average molecular weight is 254 g/mol. The molecule has 1 aromatic carbocycles. The first-order valence-electron chi connectivity index (χ1n) is 5.81. The van der Waals surface area contributed by atoms with E-state index in [1.165, 1.54) is 12.1 Å². The van der Waals surface area contributed by atoms with Crippen LogP contribution in [0.1, 0.15) is 20.3 Å². The van der Waals surface area contributed by atoms with Crippen molar-refractivity contribution >= 4 is 5.91 Å². The number of carbonyl (C=O) groups excluding carboxylic acids is 1. The zero-order valence-electron chi connectivity index (χ0n) is 10.7. The Morgan fingerprint density at radius 2 is 2.11 bits per heavy atom. The van der Waals surface area contributed by atoms with E-state index in [2.05, 4.69) is 5.32 Å². The summed E-state index contributed by atoms with van der Waals surface area (Å²) in [4.78, 5) is 11.4. The van der Waals surface area contributed by atoms with Gasteiger partial charge in [0.05, 0.1) is 13.0 Å². The van der Waals surface area contributed by atoms with E-state index in [0.29, 0.717) is 6.54 Å². The monoisotopic (exact) mass is 254 g/mol. The van der Waals surface area contributed by atoms with E-state index in [0.717, 1.165) is 0 Å². The highest BCUT2D eigenvalue weighted by Gasteiger charge is 2.12. The van der Waals surface area contributed by atoms with Gasteiger partial charge < -0.3 is 15.8 Å². The zero-order valence-corrected chi connectivity index (χ0v) is 10.7. The molecule has 1 amide bonds. The Bertz CT molecular complexity index is 402. The van der Waals surface area contributed by atoms with Crippen molar-refractivity contribution in [3.8, 4) is 5.75 Å². The summed E-state index contributed by atoms with van der Waals surface area (Å²) >= 11 is 0. The second kappa shape index (κ2) is 6.35. The quantitative estimate of drug-likeness (QED) is 0.807. The van der Waals surface area contributed by atoms with Crippen LogP contribution in [-0.4, -0.2) is 24.6 Å². The molecule has 0 heterocycles. The maximum Gasteiger partial charge on any atom is 0.223 e. The minimum absolute atomic E-state index is 0.137.